The van der Waals surface area contributed by atoms with E-state index in [1.54, 1.807) is 7.11 Å². The molecule has 6 heteroatoms. The molecule has 0 unspecified atom stereocenters. The van der Waals surface area contributed by atoms with Crippen LogP contribution in [-0.4, -0.2) is 29.4 Å². The molecule has 0 saturated heterocycles. The molecule has 0 bridgehead atoms. The van der Waals surface area contributed by atoms with Gasteiger partial charge in [0.05, 0.1) is 18.5 Å². The molecule has 3 aromatic carbocycles. The van der Waals surface area contributed by atoms with Crippen molar-refractivity contribution >= 4 is 11.7 Å². The SMILES string of the molecule is C#CCOc1ccc([C@@H]2CC(=O)Nc3c2c(-c2ccccc2)nn3-c2ccc(C)cc2)cc1OC. The Bertz CT molecular complexity index is 1420. The molecule has 0 fully saturated rings. The monoisotopic (exact) mass is 463 g/mol. The lowest BCUT2D eigenvalue weighted by atomic mass is 9.84. The number of benzene rings is 3. The normalized spacial score (nSPS) is 14.5. The van der Waals surface area contributed by atoms with Gasteiger partial charge >= 0.3 is 0 Å². The van der Waals surface area contributed by atoms with Crippen LogP contribution in [0.5, 0.6) is 11.5 Å². The number of anilines is 1. The number of nitrogens with one attached hydrogen (secondary N) is 1. The molecule has 2 heterocycles. The van der Waals surface area contributed by atoms with Crippen LogP contribution in [0, 0.1) is 19.3 Å². The number of ether oxygens (including phenoxy) is 2. The van der Waals surface area contributed by atoms with Crippen molar-refractivity contribution in [2.75, 3.05) is 19.0 Å². The lowest BCUT2D eigenvalue weighted by Gasteiger charge is -2.25. The summed E-state index contributed by atoms with van der Waals surface area (Å²) in [5, 5.41) is 8.08. The van der Waals surface area contributed by atoms with Crippen molar-refractivity contribution in [3.05, 3.63) is 89.5 Å². The van der Waals surface area contributed by atoms with E-state index in [0.717, 1.165) is 33.6 Å². The van der Waals surface area contributed by atoms with Crippen molar-refractivity contribution in [1.82, 2.24) is 9.78 Å². The van der Waals surface area contributed by atoms with E-state index in [1.807, 2.05) is 84.4 Å². The van der Waals surface area contributed by atoms with Crippen LogP contribution < -0.4 is 14.8 Å². The zero-order valence-electron chi connectivity index (χ0n) is 19.6. The van der Waals surface area contributed by atoms with E-state index in [2.05, 4.69) is 11.2 Å². The number of terminal acetylenes is 1. The maximum atomic E-state index is 12.9. The topological polar surface area (TPSA) is 65.4 Å². The van der Waals surface area contributed by atoms with Crippen LogP contribution in [0.2, 0.25) is 0 Å². The number of methoxy groups -OCH3 is 1. The van der Waals surface area contributed by atoms with Crippen LogP contribution in [0.1, 0.15) is 29.0 Å². The first-order valence-electron chi connectivity index (χ1n) is 11.4. The van der Waals surface area contributed by atoms with Crippen molar-refractivity contribution in [2.45, 2.75) is 19.3 Å². The van der Waals surface area contributed by atoms with Gasteiger partial charge in [0, 0.05) is 23.5 Å². The largest absolute Gasteiger partial charge is 0.493 e. The first kappa shape index (κ1) is 22.3. The second-order valence-corrected chi connectivity index (χ2v) is 8.43. The van der Waals surface area contributed by atoms with Crippen molar-refractivity contribution in [3.63, 3.8) is 0 Å². The molecule has 1 aliphatic rings. The summed E-state index contributed by atoms with van der Waals surface area (Å²) in [5.74, 6) is 4.00. The minimum absolute atomic E-state index is 0.0676. The summed E-state index contributed by atoms with van der Waals surface area (Å²) >= 11 is 0. The summed E-state index contributed by atoms with van der Waals surface area (Å²) in [5.41, 5.74) is 5.75. The number of amides is 1. The second-order valence-electron chi connectivity index (χ2n) is 8.43. The number of hydrogen-bond acceptors (Lipinski definition) is 4. The summed E-state index contributed by atoms with van der Waals surface area (Å²) in [4.78, 5) is 12.9. The van der Waals surface area contributed by atoms with Gasteiger partial charge in [-0.3, -0.25) is 4.79 Å². The molecule has 174 valence electrons. The number of carbonyl (C=O) groups excluding carboxylic acids is 1. The van der Waals surface area contributed by atoms with Gasteiger partial charge in [0.25, 0.3) is 0 Å². The molecule has 1 amide bonds. The molecule has 1 atom stereocenters. The highest BCUT2D eigenvalue weighted by Gasteiger charge is 2.34. The molecule has 1 aromatic heterocycles. The number of fused-ring (bicyclic) bond motifs is 1. The summed E-state index contributed by atoms with van der Waals surface area (Å²) in [6, 6.07) is 23.8. The molecule has 35 heavy (non-hydrogen) atoms. The van der Waals surface area contributed by atoms with Crippen molar-refractivity contribution in [2.24, 2.45) is 0 Å². The fraction of sp³-hybridized carbons (Fsp3) is 0.172. The summed E-state index contributed by atoms with van der Waals surface area (Å²) in [6.07, 6.45) is 5.64. The quantitative estimate of drug-likeness (QED) is 0.392. The Morgan fingerprint density at radius 1 is 1.09 bits per heavy atom. The van der Waals surface area contributed by atoms with Gasteiger partial charge in [0.2, 0.25) is 5.91 Å². The Hall–Kier alpha value is -4.50. The van der Waals surface area contributed by atoms with E-state index in [0.29, 0.717) is 23.7 Å². The number of carbonyl (C=O) groups is 1. The van der Waals surface area contributed by atoms with E-state index < -0.39 is 0 Å². The van der Waals surface area contributed by atoms with Gasteiger partial charge in [0.1, 0.15) is 12.4 Å². The Labute approximate surface area is 204 Å². The molecular formula is C29H25N3O3. The molecule has 4 aromatic rings. The van der Waals surface area contributed by atoms with Crippen LogP contribution >= 0.6 is 0 Å². The third-order valence-electron chi connectivity index (χ3n) is 6.14. The average Bonchev–Trinajstić information content (AvgIpc) is 3.27. The smallest absolute Gasteiger partial charge is 0.226 e. The Morgan fingerprint density at radius 3 is 2.57 bits per heavy atom. The Morgan fingerprint density at radius 2 is 1.86 bits per heavy atom. The minimum Gasteiger partial charge on any atom is -0.493 e. The van der Waals surface area contributed by atoms with E-state index >= 15 is 0 Å². The molecular weight excluding hydrogens is 438 g/mol. The van der Waals surface area contributed by atoms with Crippen LogP contribution in [0.15, 0.2) is 72.8 Å². The van der Waals surface area contributed by atoms with Gasteiger partial charge in [0.15, 0.2) is 11.5 Å². The zero-order valence-corrected chi connectivity index (χ0v) is 19.6. The van der Waals surface area contributed by atoms with Gasteiger partial charge in [-0.2, -0.15) is 5.10 Å². The van der Waals surface area contributed by atoms with Crippen molar-refractivity contribution in [1.29, 1.82) is 0 Å². The summed E-state index contributed by atoms with van der Waals surface area (Å²) < 4.78 is 13.0. The summed E-state index contributed by atoms with van der Waals surface area (Å²) in [7, 11) is 1.59. The third-order valence-corrected chi connectivity index (χ3v) is 6.14. The second kappa shape index (κ2) is 9.40. The van der Waals surface area contributed by atoms with E-state index in [9.17, 15) is 4.79 Å². The lowest BCUT2D eigenvalue weighted by molar-refractivity contribution is -0.116. The average molecular weight is 464 g/mol. The molecule has 1 aliphatic heterocycles. The number of nitrogens with zero attached hydrogens (tertiary/aromatic N) is 2. The minimum atomic E-state index is -0.219. The Balaban J connectivity index is 1.69. The molecule has 1 N–H and O–H groups in total. The van der Waals surface area contributed by atoms with Gasteiger partial charge in [-0.05, 0) is 36.8 Å². The molecule has 0 spiro atoms. The van der Waals surface area contributed by atoms with Crippen LogP contribution in [0.4, 0.5) is 5.82 Å². The predicted octanol–water partition coefficient (Wildman–Crippen LogP) is 5.34. The van der Waals surface area contributed by atoms with Crippen molar-refractivity contribution < 1.29 is 14.3 Å². The number of rotatable bonds is 6. The fourth-order valence-corrected chi connectivity index (χ4v) is 4.46. The number of aryl methyl sites for hydroxylation is 1. The van der Waals surface area contributed by atoms with Crippen molar-refractivity contribution in [3.8, 4) is 40.8 Å². The molecule has 0 saturated carbocycles. The first-order valence-corrected chi connectivity index (χ1v) is 11.4. The highest BCUT2D eigenvalue weighted by atomic mass is 16.5. The zero-order chi connectivity index (χ0) is 24.4. The maximum absolute atomic E-state index is 12.9. The molecule has 6 nitrogen and oxygen atoms in total. The standard InChI is InChI=1S/C29H25N3O3/c1-4-16-35-24-15-12-21(17-25(24)34-3)23-18-26(33)30-29-27(23)28(20-8-6-5-7-9-20)31-32(29)22-13-10-19(2)11-14-22/h1,5-15,17,23H,16,18H2,2-3H3,(H,30,33)/t23-/m0/s1. The predicted molar refractivity (Wildman–Crippen MR) is 136 cm³/mol. The van der Waals surface area contributed by atoms with Crippen LogP contribution in [-0.2, 0) is 4.79 Å². The van der Waals surface area contributed by atoms with Gasteiger partial charge < -0.3 is 14.8 Å². The summed E-state index contributed by atoms with van der Waals surface area (Å²) in [6.45, 7) is 2.19. The molecule has 5 rings (SSSR count). The highest BCUT2D eigenvalue weighted by molar-refractivity contribution is 5.96. The first-order chi connectivity index (χ1) is 17.1. The van der Waals surface area contributed by atoms with E-state index in [4.69, 9.17) is 21.0 Å². The molecule has 0 radical (unpaired) electrons. The van der Waals surface area contributed by atoms with Gasteiger partial charge in [-0.1, -0.05) is 60.0 Å². The highest BCUT2D eigenvalue weighted by Crippen LogP contribution is 2.45. The van der Waals surface area contributed by atoms with E-state index in [-0.39, 0.29) is 18.4 Å². The van der Waals surface area contributed by atoms with Crippen LogP contribution in [0.3, 0.4) is 0 Å². The van der Waals surface area contributed by atoms with Crippen LogP contribution in [0.25, 0.3) is 16.9 Å². The maximum Gasteiger partial charge on any atom is 0.226 e. The van der Waals surface area contributed by atoms with Gasteiger partial charge in [-0.25, -0.2) is 4.68 Å². The number of aromatic nitrogens is 2. The lowest BCUT2D eigenvalue weighted by Crippen LogP contribution is -2.25. The molecule has 0 aliphatic carbocycles. The number of hydrogen-bond donors (Lipinski definition) is 1. The van der Waals surface area contributed by atoms with E-state index in [1.165, 1.54) is 0 Å². The Kier molecular flexibility index (Phi) is 5.99. The third kappa shape index (κ3) is 4.24. The fourth-order valence-electron chi connectivity index (χ4n) is 4.46. The van der Waals surface area contributed by atoms with Gasteiger partial charge in [-0.15, -0.1) is 6.42 Å².